The van der Waals surface area contributed by atoms with Crippen LogP contribution >= 0.6 is 0 Å². The molecule has 0 atom stereocenters. The first-order valence-electron chi connectivity index (χ1n) is 5.00. The molecular weight excluding hydrogens is 200 g/mol. The highest BCUT2D eigenvalue weighted by Crippen LogP contribution is 2.10. The number of aliphatic hydroxyl groups is 1. The standard InChI is InChI=1S/C11H15F2NO/c12-10-5-3-4-9(11(10)13)8-14-6-1-2-7-15/h3-5,14-15H,1-2,6-8H2. The number of halogens is 2. The van der Waals surface area contributed by atoms with E-state index in [9.17, 15) is 8.78 Å². The normalized spacial score (nSPS) is 10.6. The molecule has 0 heterocycles. The second-order valence-electron chi connectivity index (χ2n) is 3.32. The summed E-state index contributed by atoms with van der Waals surface area (Å²) in [7, 11) is 0. The smallest absolute Gasteiger partial charge is 0.163 e. The van der Waals surface area contributed by atoms with E-state index in [0.717, 1.165) is 18.9 Å². The average Bonchev–Trinajstić information content (AvgIpc) is 2.24. The highest BCUT2D eigenvalue weighted by atomic mass is 19.2. The molecule has 15 heavy (non-hydrogen) atoms. The Morgan fingerprint density at radius 2 is 2.00 bits per heavy atom. The van der Waals surface area contributed by atoms with Crippen LogP contribution in [0, 0.1) is 11.6 Å². The zero-order chi connectivity index (χ0) is 11.1. The maximum atomic E-state index is 13.1. The summed E-state index contributed by atoms with van der Waals surface area (Å²) in [5.41, 5.74) is 0.332. The Morgan fingerprint density at radius 3 is 2.73 bits per heavy atom. The van der Waals surface area contributed by atoms with Crippen molar-refractivity contribution in [2.45, 2.75) is 19.4 Å². The van der Waals surface area contributed by atoms with E-state index in [1.165, 1.54) is 6.07 Å². The topological polar surface area (TPSA) is 32.3 Å². The van der Waals surface area contributed by atoms with Gasteiger partial charge in [-0.2, -0.15) is 0 Å². The second kappa shape index (κ2) is 6.48. The molecule has 0 spiro atoms. The number of rotatable bonds is 6. The van der Waals surface area contributed by atoms with Gasteiger partial charge in [-0.25, -0.2) is 8.78 Å². The van der Waals surface area contributed by atoms with Crippen LogP contribution in [0.25, 0.3) is 0 Å². The number of unbranched alkanes of at least 4 members (excludes halogenated alkanes) is 1. The summed E-state index contributed by atoms with van der Waals surface area (Å²) in [6, 6.07) is 4.14. The van der Waals surface area contributed by atoms with Crippen LogP contribution < -0.4 is 5.32 Å². The van der Waals surface area contributed by atoms with Crippen LogP contribution in [0.3, 0.4) is 0 Å². The summed E-state index contributed by atoms with van der Waals surface area (Å²) in [5.74, 6) is -1.60. The van der Waals surface area contributed by atoms with E-state index in [0.29, 0.717) is 18.7 Å². The quantitative estimate of drug-likeness (QED) is 0.709. The lowest BCUT2D eigenvalue weighted by atomic mass is 10.2. The molecule has 0 aliphatic heterocycles. The van der Waals surface area contributed by atoms with Gasteiger partial charge in [-0.1, -0.05) is 12.1 Å². The fraction of sp³-hybridized carbons (Fsp3) is 0.455. The summed E-state index contributed by atoms with van der Waals surface area (Å²) < 4.78 is 25.9. The summed E-state index contributed by atoms with van der Waals surface area (Å²) in [4.78, 5) is 0. The molecule has 4 heteroatoms. The van der Waals surface area contributed by atoms with Crippen molar-refractivity contribution in [2.24, 2.45) is 0 Å². The van der Waals surface area contributed by atoms with Crippen LogP contribution in [-0.4, -0.2) is 18.3 Å². The number of hydrogen-bond acceptors (Lipinski definition) is 2. The maximum Gasteiger partial charge on any atom is 0.163 e. The monoisotopic (exact) mass is 215 g/mol. The van der Waals surface area contributed by atoms with Crippen LogP contribution in [0.15, 0.2) is 18.2 Å². The van der Waals surface area contributed by atoms with Crippen LogP contribution in [0.1, 0.15) is 18.4 Å². The van der Waals surface area contributed by atoms with Crippen molar-refractivity contribution in [3.63, 3.8) is 0 Å². The van der Waals surface area contributed by atoms with Gasteiger partial charge in [0, 0.05) is 18.7 Å². The molecule has 2 nitrogen and oxygen atoms in total. The first-order chi connectivity index (χ1) is 7.25. The fourth-order valence-electron chi connectivity index (χ4n) is 1.27. The van der Waals surface area contributed by atoms with Gasteiger partial charge in [0.05, 0.1) is 0 Å². The summed E-state index contributed by atoms with van der Waals surface area (Å²) in [6.07, 6.45) is 1.55. The molecule has 1 rings (SSSR count). The van der Waals surface area contributed by atoms with Gasteiger partial charge in [-0.05, 0) is 25.5 Å². The van der Waals surface area contributed by atoms with Crippen molar-refractivity contribution in [2.75, 3.05) is 13.2 Å². The van der Waals surface area contributed by atoms with E-state index >= 15 is 0 Å². The van der Waals surface area contributed by atoms with Gasteiger partial charge in [0.2, 0.25) is 0 Å². The fourth-order valence-corrected chi connectivity index (χ4v) is 1.27. The highest BCUT2D eigenvalue weighted by Gasteiger charge is 2.06. The van der Waals surface area contributed by atoms with Crippen molar-refractivity contribution in [3.8, 4) is 0 Å². The van der Waals surface area contributed by atoms with Crippen molar-refractivity contribution in [3.05, 3.63) is 35.4 Å². The molecular formula is C11H15F2NO. The second-order valence-corrected chi connectivity index (χ2v) is 3.32. The van der Waals surface area contributed by atoms with Crippen LogP contribution in [0.4, 0.5) is 8.78 Å². The van der Waals surface area contributed by atoms with E-state index < -0.39 is 11.6 Å². The predicted molar refractivity (Wildman–Crippen MR) is 54.4 cm³/mol. The molecule has 0 radical (unpaired) electrons. The minimum absolute atomic E-state index is 0.163. The third-order valence-corrected chi connectivity index (χ3v) is 2.11. The third-order valence-electron chi connectivity index (χ3n) is 2.11. The minimum atomic E-state index is -0.815. The lowest BCUT2D eigenvalue weighted by molar-refractivity contribution is 0.283. The molecule has 1 aromatic rings. The SMILES string of the molecule is OCCCCNCc1cccc(F)c1F. The van der Waals surface area contributed by atoms with Gasteiger partial charge < -0.3 is 10.4 Å². The lowest BCUT2D eigenvalue weighted by Gasteiger charge is -2.05. The molecule has 0 aromatic heterocycles. The number of nitrogens with one attached hydrogen (secondary N) is 1. The highest BCUT2D eigenvalue weighted by molar-refractivity contribution is 5.18. The largest absolute Gasteiger partial charge is 0.396 e. The molecule has 0 amide bonds. The number of aliphatic hydroxyl groups excluding tert-OH is 1. The van der Waals surface area contributed by atoms with Gasteiger partial charge in [0.25, 0.3) is 0 Å². The Labute approximate surface area is 87.9 Å². The van der Waals surface area contributed by atoms with Crippen molar-refractivity contribution >= 4 is 0 Å². The minimum Gasteiger partial charge on any atom is -0.396 e. The van der Waals surface area contributed by atoms with Crippen molar-refractivity contribution in [1.29, 1.82) is 0 Å². The Kier molecular flexibility index (Phi) is 5.21. The zero-order valence-corrected chi connectivity index (χ0v) is 8.47. The Bertz CT molecular complexity index is 305. The molecule has 0 aliphatic rings. The molecule has 0 saturated heterocycles. The first-order valence-corrected chi connectivity index (χ1v) is 5.00. The molecule has 1 aromatic carbocycles. The summed E-state index contributed by atoms with van der Waals surface area (Å²) in [6.45, 7) is 1.17. The predicted octanol–water partition coefficient (Wildman–Crippen LogP) is 1.83. The molecule has 0 unspecified atom stereocenters. The molecule has 0 fully saturated rings. The average molecular weight is 215 g/mol. The van der Waals surface area contributed by atoms with E-state index in [1.807, 2.05) is 0 Å². The van der Waals surface area contributed by atoms with Gasteiger partial charge in [0.1, 0.15) is 0 Å². The van der Waals surface area contributed by atoms with Crippen molar-refractivity contribution in [1.82, 2.24) is 5.32 Å². The third kappa shape index (κ3) is 3.93. The van der Waals surface area contributed by atoms with E-state index in [1.54, 1.807) is 6.07 Å². The summed E-state index contributed by atoms with van der Waals surface area (Å²) in [5, 5.41) is 11.5. The van der Waals surface area contributed by atoms with Gasteiger partial charge in [0.15, 0.2) is 11.6 Å². The summed E-state index contributed by atoms with van der Waals surface area (Å²) >= 11 is 0. The zero-order valence-electron chi connectivity index (χ0n) is 8.47. The molecule has 2 N–H and O–H groups in total. The van der Waals surface area contributed by atoms with Gasteiger partial charge >= 0.3 is 0 Å². The van der Waals surface area contributed by atoms with Crippen molar-refractivity contribution < 1.29 is 13.9 Å². The maximum absolute atomic E-state index is 13.1. The van der Waals surface area contributed by atoms with E-state index in [4.69, 9.17) is 5.11 Å². The Hall–Kier alpha value is -1.00. The number of hydrogen-bond donors (Lipinski definition) is 2. The molecule has 84 valence electrons. The first kappa shape index (κ1) is 12.1. The van der Waals surface area contributed by atoms with Crippen LogP contribution in [0.2, 0.25) is 0 Å². The van der Waals surface area contributed by atoms with Gasteiger partial charge in [-0.3, -0.25) is 0 Å². The van der Waals surface area contributed by atoms with E-state index in [-0.39, 0.29) is 6.61 Å². The number of benzene rings is 1. The van der Waals surface area contributed by atoms with Gasteiger partial charge in [-0.15, -0.1) is 0 Å². The Morgan fingerprint density at radius 1 is 1.20 bits per heavy atom. The molecule has 0 aliphatic carbocycles. The van der Waals surface area contributed by atoms with Crippen LogP contribution in [-0.2, 0) is 6.54 Å². The lowest BCUT2D eigenvalue weighted by Crippen LogP contribution is -2.16. The van der Waals surface area contributed by atoms with E-state index in [2.05, 4.69) is 5.32 Å². The molecule has 0 saturated carbocycles. The Balaban J connectivity index is 2.34. The molecule has 0 bridgehead atoms. The van der Waals surface area contributed by atoms with Crippen LogP contribution in [0.5, 0.6) is 0 Å².